The van der Waals surface area contributed by atoms with Gasteiger partial charge in [-0.15, -0.1) is 0 Å². The van der Waals surface area contributed by atoms with Gasteiger partial charge in [0.05, 0.1) is 31.6 Å². The van der Waals surface area contributed by atoms with Crippen molar-refractivity contribution in [3.8, 4) is 11.5 Å². The first-order valence-corrected chi connectivity index (χ1v) is 13.8. The first-order valence-electron chi connectivity index (χ1n) is 13.8. The number of hydrogen-bond acceptors (Lipinski definition) is 7. The number of ether oxygens (including phenoxy) is 4. The summed E-state index contributed by atoms with van der Waals surface area (Å²) in [5, 5.41) is 2.80. The number of unbranched alkanes of at least 4 members (excludes halogenated alkanes) is 5. The van der Waals surface area contributed by atoms with Crippen molar-refractivity contribution in [2.75, 3.05) is 25.1 Å². The predicted molar refractivity (Wildman–Crippen MR) is 151 cm³/mol. The van der Waals surface area contributed by atoms with Crippen LogP contribution in [-0.2, 0) is 19.1 Å². The lowest BCUT2D eigenvalue weighted by molar-refractivity contribution is -0.143. The summed E-state index contributed by atoms with van der Waals surface area (Å²) in [6.45, 7) is 6.94. The summed E-state index contributed by atoms with van der Waals surface area (Å²) in [5.74, 6) is -1.34. The largest absolute Gasteiger partial charge is 0.494 e. The Morgan fingerprint density at radius 1 is 0.744 bits per heavy atom. The van der Waals surface area contributed by atoms with Gasteiger partial charge in [-0.05, 0) is 55.7 Å². The number of esters is 2. The van der Waals surface area contributed by atoms with Crippen molar-refractivity contribution in [3.63, 3.8) is 0 Å². The molecule has 212 valence electrons. The summed E-state index contributed by atoms with van der Waals surface area (Å²) < 4.78 is 21.7. The summed E-state index contributed by atoms with van der Waals surface area (Å²) in [6, 6.07) is 13.5. The van der Waals surface area contributed by atoms with Gasteiger partial charge >= 0.3 is 11.9 Å². The highest BCUT2D eigenvalue weighted by atomic mass is 16.6. The van der Waals surface area contributed by atoms with E-state index in [-0.39, 0.29) is 30.6 Å². The minimum atomic E-state index is -0.803. The summed E-state index contributed by atoms with van der Waals surface area (Å²) in [4.78, 5) is 37.6. The third kappa shape index (κ3) is 12.1. The molecule has 0 aliphatic heterocycles. The SMILES string of the molecule is CCCCCCCCOc1ccc(C(=O)Nc2ccccc2O/C(=C/C(=O)OCCC)C(=O)OCCC)cc1. The fourth-order valence-corrected chi connectivity index (χ4v) is 3.49. The van der Waals surface area contributed by atoms with Crippen molar-refractivity contribution < 1.29 is 33.3 Å². The maximum atomic E-state index is 12.9. The molecule has 0 saturated heterocycles. The Balaban J connectivity index is 2.03. The molecule has 2 aromatic carbocycles. The number of hydrogen-bond donors (Lipinski definition) is 1. The molecule has 0 aliphatic carbocycles. The fraction of sp³-hybridized carbons (Fsp3) is 0.452. The molecular formula is C31H41NO7. The van der Waals surface area contributed by atoms with Crippen LogP contribution in [0.1, 0.15) is 82.5 Å². The van der Waals surface area contributed by atoms with E-state index in [9.17, 15) is 14.4 Å². The van der Waals surface area contributed by atoms with Crippen molar-refractivity contribution >= 4 is 23.5 Å². The Bertz CT molecular complexity index is 1060. The monoisotopic (exact) mass is 539 g/mol. The molecule has 2 aromatic rings. The van der Waals surface area contributed by atoms with Crippen molar-refractivity contribution in [2.45, 2.75) is 72.1 Å². The molecule has 0 spiro atoms. The zero-order chi connectivity index (χ0) is 28.3. The molecule has 1 N–H and O–H groups in total. The Labute approximate surface area is 231 Å². The first kappa shape index (κ1) is 31.4. The summed E-state index contributed by atoms with van der Waals surface area (Å²) >= 11 is 0. The average molecular weight is 540 g/mol. The van der Waals surface area contributed by atoms with Gasteiger partial charge in [0, 0.05) is 5.56 Å². The lowest BCUT2D eigenvalue weighted by Gasteiger charge is -2.14. The van der Waals surface area contributed by atoms with Gasteiger partial charge in [0.25, 0.3) is 5.91 Å². The van der Waals surface area contributed by atoms with Crippen LogP contribution in [0.2, 0.25) is 0 Å². The number of benzene rings is 2. The molecule has 0 saturated carbocycles. The van der Waals surface area contributed by atoms with Gasteiger partial charge < -0.3 is 24.3 Å². The van der Waals surface area contributed by atoms with E-state index in [0.29, 0.717) is 36.4 Å². The van der Waals surface area contributed by atoms with E-state index in [1.807, 2.05) is 13.8 Å². The molecule has 0 aromatic heterocycles. The van der Waals surface area contributed by atoms with Crippen molar-refractivity contribution in [1.29, 1.82) is 0 Å². The molecule has 0 aliphatic rings. The average Bonchev–Trinajstić information content (AvgIpc) is 2.95. The number of anilines is 1. The lowest BCUT2D eigenvalue weighted by Crippen LogP contribution is -2.17. The maximum Gasteiger partial charge on any atom is 0.374 e. The van der Waals surface area contributed by atoms with E-state index in [1.165, 1.54) is 25.7 Å². The van der Waals surface area contributed by atoms with Gasteiger partial charge in [0.2, 0.25) is 5.76 Å². The lowest BCUT2D eigenvalue weighted by atomic mass is 10.1. The van der Waals surface area contributed by atoms with Crippen molar-refractivity contribution in [2.24, 2.45) is 0 Å². The number of para-hydroxylation sites is 2. The van der Waals surface area contributed by atoms with E-state index in [0.717, 1.165) is 18.9 Å². The Morgan fingerprint density at radius 3 is 2.13 bits per heavy atom. The van der Waals surface area contributed by atoms with Crippen LogP contribution in [0.3, 0.4) is 0 Å². The molecule has 2 rings (SSSR count). The van der Waals surface area contributed by atoms with Gasteiger partial charge in [0.1, 0.15) is 5.75 Å². The Morgan fingerprint density at radius 2 is 1.41 bits per heavy atom. The molecule has 0 radical (unpaired) electrons. The van der Waals surface area contributed by atoms with Gasteiger partial charge in [-0.2, -0.15) is 0 Å². The third-order valence-corrected chi connectivity index (χ3v) is 5.57. The number of amides is 1. The second-order valence-corrected chi connectivity index (χ2v) is 9.00. The van der Waals surface area contributed by atoms with Crippen molar-refractivity contribution in [1.82, 2.24) is 0 Å². The number of carbonyl (C=O) groups is 3. The number of nitrogens with one attached hydrogen (secondary N) is 1. The molecule has 0 bridgehead atoms. The van der Waals surface area contributed by atoms with E-state index >= 15 is 0 Å². The minimum absolute atomic E-state index is 0.167. The van der Waals surface area contributed by atoms with Crippen LogP contribution in [0.4, 0.5) is 5.69 Å². The Kier molecular flexibility index (Phi) is 14.9. The van der Waals surface area contributed by atoms with Gasteiger partial charge in [-0.1, -0.05) is 65.0 Å². The zero-order valence-electron chi connectivity index (χ0n) is 23.3. The highest BCUT2D eigenvalue weighted by Gasteiger charge is 2.19. The Hall–Kier alpha value is -3.81. The van der Waals surface area contributed by atoms with E-state index in [2.05, 4.69) is 12.2 Å². The second kappa shape index (κ2) is 18.4. The highest BCUT2D eigenvalue weighted by molar-refractivity contribution is 6.05. The zero-order valence-corrected chi connectivity index (χ0v) is 23.3. The van der Waals surface area contributed by atoms with Crippen LogP contribution in [0, 0.1) is 0 Å². The predicted octanol–water partition coefficient (Wildman–Crippen LogP) is 6.85. The molecule has 39 heavy (non-hydrogen) atoms. The summed E-state index contributed by atoms with van der Waals surface area (Å²) in [7, 11) is 0. The van der Waals surface area contributed by atoms with Gasteiger partial charge in [0.15, 0.2) is 5.75 Å². The van der Waals surface area contributed by atoms with Crippen LogP contribution < -0.4 is 14.8 Å². The van der Waals surface area contributed by atoms with E-state index < -0.39 is 11.9 Å². The molecular weight excluding hydrogens is 498 g/mol. The second-order valence-electron chi connectivity index (χ2n) is 9.00. The number of carbonyl (C=O) groups excluding carboxylic acids is 3. The van der Waals surface area contributed by atoms with Crippen molar-refractivity contribution in [3.05, 3.63) is 65.9 Å². The number of rotatable bonds is 18. The van der Waals surface area contributed by atoms with Crippen LogP contribution >= 0.6 is 0 Å². The quantitative estimate of drug-likeness (QED) is 0.0957. The summed E-state index contributed by atoms with van der Waals surface area (Å²) in [5.41, 5.74) is 0.750. The molecule has 8 nitrogen and oxygen atoms in total. The topological polar surface area (TPSA) is 100 Å². The standard InChI is InChI=1S/C31H41NO7/c1-4-7-8-9-10-13-22-36-25-18-16-24(17-19-25)30(34)32-26-14-11-12-15-27(26)39-28(31(35)38-21-6-3)23-29(33)37-20-5-2/h11-12,14-19,23H,4-10,13,20-22H2,1-3H3,(H,32,34)/b28-23+. The molecule has 0 atom stereocenters. The molecule has 0 unspecified atom stereocenters. The van der Waals surface area contributed by atoms with Crippen LogP contribution in [0.5, 0.6) is 11.5 Å². The van der Waals surface area contributed by atoms with Crippen LogP contribution in [-0.4, -0.2) is 37.7 Å². The van der Waals surface area contributed by atoms with Gasteiger partial charge in [-0.3, -0.25) is 4.79 Å². The minimum Gasteiger partial charge on any atom is -0.494 e. The maximum absolute atomic E-state index is 12.9. The molecule has 0 heterocycles. The van der Waals surface area contributed by atoms with E-state index in [4.69, 9.17) is 18.9 Å². The highest BCUT2D eigenvalue weighted by Crippen LogP contribution is 2.27. The molecule has 1 amide bonds. The molecule has 0 fully saturated rings. The summed E-state index contributed by atoms with van der Waals surface area (Å²) in [6.07, 6.45) is 9.34. The normalized spacial score (nSPS) is 11.0. The van der Waals surface area contributed by atoms with E-state index in [1.54, 1.807) is 48.5 Å². The van der Waals surface area contributed by atoms with Crippen LogP contribution in [0.25, 0.3) is 0 Å². The third-order valence-electron chi connectivity index (χ3n) is 5.57. The fourth-order valence-electron chi connectivity index (χ4n) is 3.49. The smallest absolute Gasteiger partial charge is 0.374 e. The van der Waals surface area contributed by atoms with Crippen LogP contribution in [0.15, 0.2) is 60.4 Å². The van der Waals surface area contributed by atoms with Gasteiger partial charge in [-0.25, -0.2) is 9.59 Å². The molecule has 8 heteroatoms. The first-order chi connectivity index (χ1) is 19.0.